The molecule has 0 aliphatic heterocycles. The van der Waals surface area contributed by atoms with E-state index in [9.17, 15) is 0 Å². The van der Waals surface area contributed by atoms with Crippen molar-refractivity contribution in [1.29, 1.82) is 0 Å². The molecule has 0 heterocycles. The van der Waals surface area contributed by atoms with Gasteiger partial charge >= 0.3 is 0 Å². The minimum Gasteiger partial charge on any atom is -0.408 e. The largest absolute Gasteiger partial charge is 0.408 e. The van der Waals surface area contributed by atoms with E-state index in [1.54, 1.807) is 0 Å². The van der Waals surface area contributed by atoms with Crippen molar-refractivity contribution >= 4 is 43.3 Å². The van der Waals surface area contributed by atoms with E-state index >= 15 is 0 Å². The molecule has 0 saturated carbocycles. The zero-order chi connectivity index (χ0) is 26.6. The average Bonchev–Trinajstić information content (AvgIpc) is 2.72. The maximum Gasteiger partial charge on any atom is 0.193 e. The third-order valence-corrected chi connectivity index (χ3v) is 13.2. The molecule has 0 fully saturated rings. The SMILES string of the molecule is CC[C@H](N[C@H](c1ccc(Cl)cc1)[C@@H](O[Si](C)(C)C(C)(C)C)c1cccc(Cl)c1)[C@H](C)SC(C)(C)C. The third-order valence-electron chi connectivity index (χ3n) is 6.88. The minimum atomic E-state index is -2.12. The second kappa shape index (κ2) is 12.4. The van der Waals surface area contributed by atoms with E-state index in [0.29, 0.717) is 11.3 Å². The van der Waals surface area contributed by atoms with Crippen LogP contribution in [-0.2, 0) is 4.43 Å². The molecule has 0 spiro atoms. The maximum absolute atomic E-state index is 7.19. The Morgan fingerprint density at radius 1 is 0.914 bits per heavy atom. The summed E-state index contributed by atoms with van der Waals surface area (Å²) in [5.74, 6) is 0. The summed E-state index contributed by atoms with van der Waals surface area (Å²) in [6, 6.07) is 16.6. The smallest absolute Gasteiger partial charge is 0.193 e. The molecular formula is C29H45Cl2NOSSi. The first-order valence-corrected chi connectivity index (χ1v) is 17.2. The van der Waals surface area contributed by atoms with Crippen LogP contribution in [0.1, 0.15) is 85.1 Å². The van der Waals surface area contributed by atoms with Crippen LogP contribution in [0.5, 0.6) is 0 Å². The number of thioether (sulfide) groups is 1. The van der Waals surface area contributed by atoms with Gasteiger partial charge in [-0.05, 0) is 59.9 Å². The van der Waals surface area contributed by atoms with Gasteiger partial charge in [-0.25, -0.2) is 0 Å². The molecule has 0 aromatic heterocycles. The van der Waals surface area contributed by atoms with Gasteiger partial charge in [0.15, 0.2) is 8.32 Å². The first kappa shape index (κ1) is 30.7. The summed E-state index contributed by atoms with van der Waals surface area (Å²) in [6.45, 7) is 22.9. The van der Waals surface area contributed by atoms with Crippen molar-refractivity contribution in [2.24, 2.45) is 0 Å². The van der Waals surface area contributed by atoms with Crippen LogP contribution in [0.2, 0.25) is 28.2 Å². The highest BCUT2D eigenvalue weighted by molar-refractivity contribution is 8.01. The molecule has 6 heteroatoms. The standard InChI is InChI=1S/C29H45Cl2NOSSi/c1-11-25(20(2)34-28(3,4)5)32-26(21-15-17-23(30)18-16-21)27(22-13-12-14-24(31)19-22)33-35(9,10)29(6,7)8/h12-20,25-27,32H,11H2,1-10H3/t20-,25-,26+,27-/m0/s1. The number of nitrogens with one attached hydrogen (secondary N) is 1. The van der Waals surface area contributed by atoms with Gasteiger partial charge in [-0.3, -0.25) is 0 Å². The van der Waals surface area contributed by atoms with Gasteiger partial charge in [0, 0.05) is 26.1 Å². The number of halogens is 2. The van der Waals surface area contributed by atoms with Gasteiger partial charge in [-0.15, -0.1) is 0 Å². The Morgan fingerprint density at radius 2 is 1.51 bits per heavy atom. The number of hydrogen-bond donors (Lipinski definition) is 1. The van der Waals surface area contributed by atoms with Crippen molar-refractivity contribution in [3.63, 3.8) is 0 Å². The highest BCUT2D eigenvalue weighted by Crippen LogP contribution is 2.44. The molecule has 0 unspecified atom stereocenters. The minimum absolute atomic E-state index is 0.0483. The highest BCUT2D eigenvalue weighted by atomic mass is 35.5. The first-order chi connectivity index (χ1) is 16.0. The Hall–Kier alpha value is -0.493. The molecule has 0 bridgehead atoms. The van der Waals surface area contributed by atoms with Crippen LogP contribution in [-0.4, -0.2) is 24.4 Å². The summed E-state index contributed by atoms with van der Waals surface area (Å²) in [5.41, 5.74) is 2.27. The van der Waals surface area contributed by atoms with E-state index in [1.807, 2.05) is 36.0 Å². The molecule has 4 atom stereocenters. The maximum atomic E-state index is 7.19. The Bertz CT molecular complexity index is 937. The molecule has 196 valence electrons. The van der Waals surface area contributed by atoms with Crippen molar-refractivity contribution in [1.82, 2.24) is 5.32 Å². The molecule has 2 nitrogen and oxygen atoms in total. The molecule has 35 heavy (non-hydrogen) atoms. The lowest BCUT2D eigenvalue weighted by atomic mass is 9.94. The summed E-state index contributed by atoms with van der Waals surface area (Å²) in [7, 11) is -2.12. The number of rotatable bonds is 10. The molecule has 0 aliphatic carbocycles. The molecule has 0 aliphatic rings. The average molecular weight is 555 g/mol. The monoisotopic (exact) mass is 553 g/mol. The summed E-state index contributed by atoms with van der Waals surface area (Å²) in [5, 5.41) is 6.02. The lowest BCUT2D eigenvalue weighted by molar-refractivity contribution is 0.129. The van der Waals surface area contributed by atoms with Crippen molar-refractivity contribution < 1.29 is 4.43 Å². The lowest BCUT2D eigenvalue weighted by Crippen LogP contribution is -2.47. The fraction of sp³-hybridized carbons (Fsp3) is 0.586. The summed E-state index contributed by atoms with van der Waals surface area (Å²) in [6.07, 6.45) is 0.841. The first-order valence-electron chi connectivity index (χ1n) is 12.7. The summed E-state index contributed by atoms with van der Waals surface area (Å²) < 4.78 is 7.38. The van der Waals surface area contributed by atoms with Crippen LogP contribution in [0.15, 0.2) is 48.5 Å². The van der Waals surface area contributed by atoms with Gasteiger partial charge in [0.2, 0.25) is 0 Å². The zero-order valence-electron chi connectivity index (χ0n) is 23.2. The fourth-order valence-corrected chi connectivity index (χ4v) is 7.13. The van der Waals surface area contributed by atoms with Crippen LogP contribution in [0.4, 0.5) is 0 Å². The predicted octanol–water partition coefficient (Wildman–Crippen LogP) is 10.1. The van der Waals surface area contributed by atoms with Gasteiger partial charge in [-0.2, -0.15) is 11.8 Å². The van der Waals surface area contributed by atoms with E-state index in [-0.39, 0.29) is 21.9 Å². The molecule has 2 aromatic rings. The van der Waals surface area contributed by atoms with Gasteiger partial charge in [0.1, 0.15) is 0 Å². The second-order valence-electron chi connectivity index (χ2n) is 12.0. The van der Waals surface area contributed by atoms with E-state index < -0.39 is 8.32 Å². The van der Waals surface area contributed by atoms with E-state index in [4.69, 9.17) is 27.6 Å². The molecule has 2 aromatic carbocycles. The molecule has 0 amide bonds. The van der Waals surface area contributed by atoms with E-state index in [0.717, 1.165) is 22.0 Å². The van der Waals surface area contributed by atoms with Gasteiger partial charge < -0.3 is 9.74 Å². The second-order valence-corrected chi connectivity index (χ2v) is 19.8. The Morgan fingerprint density at radius 3 is 2.00 bits per heavy atom. The Balaban J connectivity index is 2.61. The van der Waals surface area contributed by atoms with E-state index in [2.05, 4.69) is 98.1 Å². The Kier molecular flexibility index (Phi) is 10.9. The topological polar surface area (TPSA) is 21.3 Å². The van der Waals surface area contributed by atoms with Gasteiger partial charge in [0.25, 0.3) is 0 Å². The van der Waals surface area contributed by atoms with Crippen LogP contribution in [0, 0.1) is 0 Å². The number of hydrogen-bond acceptors (Lipinski definition) is 3. The molecule has 1 N–H and O–H groups in total. The zero-order valence-corrected chi connectivity index (χ0v) is 26.5. The Labute approximate surface area is 230 Å². The van der Waals surface area contributed by atoms with E-state index in [1.165, 1.54) is 5.56 Å². The number of benzene rings is 2. The summed E-state index contributed by atoms with van der Waals surface area (Å²) >= 11 is 14.8. The summed E-state index contributed by atoms with van der Waals surface area (Å²) in [4.78, 5) is 0. The predicted molar refractivity (Wildman–Crippen MR) is 161 cm³/mol. The van der Waals surface area contributed by atoms with Crippen molar-refractivity contribution in [2.45, 2.75) is 108 Å². The molecule has 0 saturated heterocycles. The van der Waals surface area contributed by atoms with Crippen LogP contribution in [0.3, 0.4) is 0 Å². The van der Waals surface area contributed by atoms with Gasteiger partial charge in [-0.1, -0.05) is 103 Å². The quantitative estimate of drug-likeness (QED) is 0.295. The van der Waals surface area contributed by atoms with Crippen molar-refractivity contribution in [3.05, 3.63) is 69.7 Å². The van der Waals surface area contributed by atoms with Crippen molar-refractivity contribution in [3.8, 4) is 0 Å². The molecule has 2 rings (SSSR count). The molecular weight excluding hydrogens is 509 g/mol. The molecule has 0 radical (unpaired) electrons. The van der Waals surface area contributed by atoms with Crippen LogP contribution < -0.4 is 5.32 Å². The lowest BCUT2D eigenvalue weighted by Gasteiger charge is -2.43. The van der Waals surface area contributed by atoms with Crippen LogP contribution >= 0.6 is 35.0 Å². The van der Waals surface area contributed by atoms with Crippen molar-refractivity contribution in [2.75, 3.05) is 0 Å². The van der Waals surface area contributed by atoms with Crippen LogP contribution in [0.25, 0.3) is 0 Å². The fourth-order valence-electron chi connectivity index (χ4n) is 3.99. The highest BCUT2D eigenvalue weighted by Gasteiger charge is 2.42. The van der Waals surface area contributed by atoms with Gasteiger partial charge in [0.05, 0.1) is 12.1 Å². The third kappa shape index (κ3) is 9.09. The normalized spacial score (nSPS) is 16.6.